The van der Waals surface area contributed by atoms with E-state index in [-0.39, 0.29) is 6.61 Å². The summed E-state index contributed by atoms with van der Waals surface area (Å²) in [6, 6.07) is 1.60. The van der Waals surface area contributed by atoms with E-state index in [0.29, 0.717) is 18.1 Å². The van der Waals surface area contributed by atoms with Gasteiger partial charge in [0.05, 0.1) is 6.61 Å². The molecule has 0 saturated heterocycles. The highest BCUT2D eigenvalue weighted by Gasteiger charge is 2.19. The summed E-state index contributed by atoms with van der Waals surface area (Å²) in [6.07, 6.45) is 3.30. The van der Waals surface area contributed by atoms with Crippen LogP contribution in [0.1, 0.15) is 53.9 Å². The quantitative estimate of drug-likeness (QED) is 0.626. The van der Waals surface area contributed by atoms with Crippen molar-refractivity contribution in [2.75, 3.05) is 26.2 Å². The Morgan fingerprint density at radius 1 is 1.05 bits per heavy atom. The van der Waals surface area contributed by atoms with Crippen molar-refractivity contribution in [3.63, 3.8) is 0 Å². The molecule has 0 aliphatic carbocycles. The average Bonchev–Trinajstić information content (AvgIpc) is 2.36. The number of aliphatic hydroxyl groups excluding tert-OH is 1. The van der Waals surface area contributed by atoms with Gasteiger partial charge in [0.15, 0.2) is 0 Å². The van der Waals surface area contributed by atoms with Gasteiger partial charge in [0.2, 0.25) is 0 Å². The molecule has 0 aliphatic heterocycles. The van der Waals surface area contributed by atoms with Crippen LogP contribution in [0.15, 0.2) is 0 Å². The molecule has 1 N–H and O–H groups in total. The maximum Gasteiger partial charge on any atom is 0.0558 e. The van der Waals surface area contributed by atoms with E-state index in [1.165, 1.54) is 12.8 Å². The van der Waals surface area contributed by atoms with Gasteiger partial charge in [-0.25, -0.2) is 0 Å². The first-order valence-corrected chi connectivity index (χ1v) is 7.87. The zero-order chi connectivity index (χ0) is 14.8. The van der Waals surface area contributed by atoms with Crippen molar-refractivity contribution in [3.8, 4) is 0 Å². The van der Waals surface area contributed by atoms with Gasteiger partial charge in [-0.1, -0.05) is 13.8 Å². The largest absolute Gasteiger partial charge is 0.395 e. The second-order valence-corrected chi connectivity index (χ2v) is 5.86. The summed E-state index contributed by atoms with van der Waals surface area (Å²) in [4.78, 5) is 4.89. The Balaban J connectivity index is 4.24. The van der Waals surface area contributed by atoms with Crippen molar-refractivity contribution in [2.45, 2.75) is 72.0 Å². The molecular formula is C16H35N2O. The van der Waals surface area contributed by atoms with Gasteiger partial charge in [0.1, 0.15) is 0 Å². The summed E-state index contributed by atoms with van der Waals surface area (Å²) in [5, 5.41) is 9.18. The molecule has 0 fully saturated rings. The number of nitrogens with zero attached hydrogens (tertiary/aromatic N) is 2. The molecule has 1 atom stereocenters. The van der Waals surface area contributed by atoms with Crippen molar-refractivity contribution in [1.82, 2.24) is 9.80 Å². The molecule has 0 aliphatic rings. The van der Waals surface area contributed by atoms with Crippen LogP contribution in [0, 0.1) is 6.92 Å². The maximum absolute atomic E-state index is 9.18. The minimum Gasteiger partial charge on any atom is -0.395 e. The standard InChI is InChI=1S/C16H35N2O/c1-7-16(18(12-13-19)15(5)6)10-9-11-17(8-2)14(3)4/h14-16,19H,1,7-13H2,2-6H3. The summed E-state index contributed by atoms with van der Waals surface area (Å²) in [5.41, 5.74) is 0. The van der Waals surface area contributed by atoms with Gasteiger partial charge in [-0.3, -0.25) is 4.90 Å². The minimum atomic E-state index is 0.238. The Bertz CT molecular complexity index is 207. The van der Waals surface area contributed by atoms with Gasteiger partial charge in [0, 0.05) is 24.7 Å². The second-order valence-electron chi connectivity index (χ2n) is 5.86. The molecule has 0 rings (SSSR count). The fraction of sp³-hybridized carbons (Fsp3) is 0.938. The zero-order valence-electron chi connectivity index (χ0n) is 13.7. The summed E-state index contributed by atoms with van der Waals surface area (Å²) in [6.45, 7) is 18.5. The molecule has 0 aromatic rings. The fourth-order valence-corrected chi connectivity index (χ4v) is 2.77. The minimum absolute atomic E-state index is 0.238. The van der Waals surface area contributed by atoms with Crippen LogP contribution in [-0.4, -0.2) is 59.3 Å². The molecular weight excluding hydrogens is 236 g/mol. The number of hydrogen-bond donors (Lipinski definition) is 1. The van der Waals surface area contributed by atoms with E-state index in [2.05, 4.69) is 51.3 Å². The highest BCUT2D eigenvalue weighted by atomic mass is 16.3. The molecule has 0 heterocycles. The molecule has 0 saturated carbocycles. The van der Waals surface area contributed by atoms with Crippen LogP contribution in [-0.2, 0) is 0 Å². The van der Waals surface area contributed by atoms with Crippen molar-refractivity contribution in [3.05, 3.63) is 6.92 Å². The monoisotopic (exact) mass is 271 g/mol. The van der Waals surface area contributed by atoms with E-state index in [1.54, 1.807) is 0 Å². The predicted molar refractivity (Wildman–Crippen MR) is 84.3 cm³/mol. The predicted octanol–water partition coefficient (Wildman–Crippen LogP) is 2.79. The van der Waals surface area contributed by atoms with E-state index in [4.69, 9.17) is 0 Å². The SMILES string of the molecule is [CH2]CC(CCCN(CC)C(C)C)N(CCO)C(C)C. The molecule has 19 heavy (non-hydrogen) atoms. The van der Waals surface area contributed by atoms with Gasteiger partial charge < -0.3 is 10.0 Å². The fourth-order valence-electron chi connectivity index (χ4n) is 2.77. The van der Waals surface area contributed by atoms with Crippen LogP contribution < -0.4 is 0 Å². The van der Waals surface area contributed by atoms with Gasteiger partial charge in [-0.15, -0.1) is 0 Å². The third kappa shape index (κ3) is 7.28. The number of aliphatic hydroxyl groups is 1. The molecule has 0 spiro atoms. The number of hydrogen-bond acceptors (Lipinski definition) is 3. The molecule has 0 aromatic heterocycles. The summed E-state index contributed by atoms with van der Waals surface area (Å²) >= 11 is 0. The number of rotatable bonds is 11. The van der Waals surface area contributed by atoms with Crippen molar-refractivity contribution >= 4 is 0 Å². The summed E-state index contributed by atoms with van der Waals surface area (Å²) in [5.74, 6) is 0. The van der Waals surface area contributed by atoms with Gasteiger partial charge in [0.25, 0.3) is 0 Å². The lowest BCUT2D eigenvalue weighted by atomic mass is 10.0. The lowest BCUT2D eigenvalue weighted by molar-refractivity contribution is 0.107. The molecule has 0 aromatic carbocycles. The molecule has 3 heteroatoms. The summed E-state index contributed by atoms with van der Waals surface area (Å²) < 4.78 is 0. The summed E-state index contributed by atoms with van der Waals surface area (Å²) in [7, 11) is 0. The van der Waals surface area contributed by atoms with E-state index in [0.717, 1.165) is 26.1 Å². The first-order valence-electron chi connectivity index (χ1n) is 7.87. The van der Waals surface area contributed by atoms with Crippen LogP contribution in [0.25, 0.3) is 0 Å². The topological polar surface area (TPSA) is 26.7 Å². The highest BCUT2D eigenvalue weighted by Crippen LogP contribution is 2.15. The second kappa shape index (κ2) is 10.6. The van der Waals surface area contributed by atoms with Crippen molar-refractivity contribution in [2.24, 2.45) is 0 Å². The Kier molecular flexibility index (Phi) is 10.6. The first kappa shape index (κ1) is 18.9. The molecule has 1 unspecified atom stereocenters. The van der Waals surface area contributed by atoms with Crippen LogP contribution in [0.2, 0.25) is 0 Å². The first-order chi connectivity index (χ1) is 8.97. The van der Waals surface area contributed by atoms with E-state index in [9.17, 15) is 5.11 Å². The molecule has 115 valence electrons. The molecule has 0 amide bonds. The molecule has 1 radical (unpaired) electrons. The lowest BCUT2D eigenvalue weighted by Gasteiger charge is -2.34. The van der Waals surface area contributed by atoms with Gasteiger partial charge in [-0.05, 0) is 60.0 Å². The van der Waals surface area contributed by atoms with E-state index < -0.39 is 0 Å². The van der Waals surface area contributed by atoms with Crippen LogP contribution >= 0.6 is 0 Å². The van der Waals surface area contributed by atoms with Crippen molar-refractivity contribution < 1.29 is 5.11 Å². The Morgan fingerprint density at radius 2 is 1.68 bits per heavy atom. The normalized spacial score (nSPS) is 14.1. The van der Waals surface area contributed by atoms with E-state index in [1.807, 2.05) is 0 Å². The smallest absolute Gasteiger partial charge is 0.0558 e. The lowest BCUT2D eigenvalue weighted by Crippen LogP contribution is -2.42. The highest BCUT2D eigenvalue weighted by molar-refractivity contribution is 4.76. The molecule has 3 nitrogen and oxygen atoms in total. The molecule has 0 bridgehead atoms. The zero-order valence-corrected chi connectivity index (χ0v) is 13.7. The van der Waals surface area contributed by atoms with Crippen molar-refractivity contribution in [1.29, 1.82) is 0 Å². The Hall–Kier alpha value is -0.120. The third-order valence-corrected chi connectivity index (χ3v) is 3.94. The van der Waals surface area contributed by atoms with E-state index >= 15 is 0 Å². The Morgan fingerprint density at radius 3 is 2.05 bits per heavy atom. The third-order valence-electron chi connectivity index (χ3n) is 3.94. The van der Waals surface area contributed by atoms with Crippen LogP contribution in [0.5, 0.6) is 0 Å². The van der Waals surface area contributed by atoms with Crippen LogP contribution in [0.4, 0.5) is 0 Å². The Labute approximate surface area is 121 Å². The van der Waals surface area contributed by atoms with Gasteiger partial charge >= 0.3 is 0 Å². The maximum atomic E-state index is 9.18. The van der Waals surface area contributed by atoms with Gasteiger partial charge in [-0.2, -0.15) is 0 Å². The van der Waals surface area contributed by atoms with Crippen LogP contribution in [0.3, 0.4) is 0 Å². The average molecular weight is 271 g/mol.